The summed E-state index contributed by atoms with van der Waals surface area (Å²) in [5, 5.41) is 9.19. The van der Waals surface area contributed by atoms with Crippen molar-refractivity contribution < 1.29 is 4.79 Å². The van der Waals surface area contributed by atoms with Crippen LogP contribution in [0.3, 0.4) is 0 Å². The van der Waals surface area contributed by atoms with Crippen molar-refractivity contribution in [1.29, 1.82) is 5.26 Å². The molecule has 1 aromatic carbocycles. The Balaban J connectivity index is 2.07. The molecule has 0 atom stereocenters. The Morgan fingerprint density at radius 2 is 1.95 bits per heavy atom. The first kappa shape index (κ1) is 16.7. The van der Waals surface area contributed by atoms with E-state index in [2.05, 4.69) is 49.5 Å². The Bertz CT molecular complexity index is 589. The van der Waals surface area contributed by atoms with Crippen LogP contribution in [0.4, 0.5) is 0 Å². The van der Waals surface area contributed by atoms with Crippen LogP contribution in [0.25, 0.3) is 0 Å². The molecule has 1 aromatic rings. The van der Waals surface area contributed by atoms with Crippen molar-refractivity contribution in [3.63, 3.8) is 0 Å². The van der Waals surface area contributed by atoms with Gasteiger partial charge < -0.3 is 4.90 Å². The second-order valence-electron chi connectivity index (χ2n) is 5.57. The van der Waals surface area contributed by atoms with E-state index >= 15 is 0 Å². The topological polar surface area (TPSA) is 47.3 Å². The largest absolute Gasteiger partial charge is 0.336 e. The zero-order valence-corrected chi connectivity index (χ0v) is 15.8. The molecule has 0 bridgehead atoms. The fourth-order valence-electron chi connectivity index (χ4n) is 2.37. The minimum absolute atomic E-state index is 0.0649. The average molecular weight is 462 g/mol. The molecule has 1 aliphatic heterocycles. The Morgan fingerprint density at radius 3 is 2.52 bits per heavy atom. The summed E-state index contributed by atoms with van der Waals surface area (Å²) in [4.78, 5) is 16.6. The summed E-state index contributed by atoms with van der Waals surface area (Å²) in [6.45, 7) is 6.62. The first-order valence-electron chi connectivity index (χ1n) is 6.76. The lowest BCUT2D eigenvalue weighted by molar-refractivity contribution is 0.0520. The highest BCUT2D eigenvalue weighted by Gasteiger charge is 2.31. The number of carbonyl (C=O) groups excluding carboxylic acids is 1. The van der Waals surface area contributed by atoms with E-state index < -0.39 is 5.54 Å². The fourth-order valence-corrected chi connectivity index (χ4v) is 3.30. The maximum absolute atomic E-state index is 12.6. The Kier molecular flexibility index (Phi) is 5.28. The van der Waals surface area contributed by atoms with Crippen LogP contribution in [0, 0.1) is 14.9 Å². The van der Waals surface area contributed by atoms with Crippen LogP contribution < -0.4 is 0 Å². The lowest BCUT2D eigenvalue weighted by atomic mass is 10.0. The molecule has 1 saturated heterocycles. The molecule has 6 heteroatoms. The van der Waals surface area contributed by atoms with Crippen molar-refractivity contribution in [3.05, 3.63) is 31.8 Å². The second kappa shape index (κ2) is 6.63. The van der Waals surface area contributed by atoms with E-state index in [4.69, 9.17) is 0 Å². The van der Waals surface area contributed by atoms with Gasteiger partial charge in [0, 0.05) is 34.2 Å². The van der Waals surface area contributed by atoms with Gasteiger partial charge in [-0.1, -0.05) is 15.9 Å². The Labute approximate surface area is 147 Å². The van der Waals surface area contributed by atoms with Gasteiger partial charge in [0.1, 0.15) is 5.54 Å². The zero-order chi connectivity index (χ0) is 15.6. The molecule has 1 heterocycles. The normalized spacial score (nSPS) is 16.6. The molecule has 0 radical (unpaired) electrons. The summed E-state index contributed by atoms with van der Waals surface area (Å²) in [5.74, 6) is 0.0649. The minimum atomic E-state index is -0.473. The Hall–Kier alpha value is -0.650. The standard InChI is InChI=1S/C15H17BrIN3O/c1-15(2,10-18)20-7-5-19(6-8-20)14(21)12-9-11(16)3-4-13(12)17/h3-4,9H,5-8H2,1-2H3. The molecule has 0 aliphatic carbocycles. The predicted octanol–water partition coefficient (Wildman–Crippen LogP) is 3.11. The van der Waals surface area contributed by atoms with Crippen molar-refractivity contribution in [2.24, 2.45) is 0 Å². The molecule has 2 rings (SSSR count). The number of halogens is 2. The summed E-state index contributed by atoms with van der Waals surface area (Å²) in [5.41, 5.74) is 0.261. The molecule has 0 N–H and O–H groups in total. The van der Waals surface area contributed by atoms with E-state index in [1.54, 1.807) is 0 Å². The zero-order valence-electron chi connectivity index (χ0n) is 12.1. The van der Waals surface area contributed by atoms with Crippen LogP contribution in [-0.4, -0.2) is 47.4 Å². The van der Waals surface area contributed by atoms with Crippen LogP contribution >= 0.6 is 38.5 Å². The quantitative estimate of drug-likeness (QED) is 0.636. The molecular weight excluding hydrogens is 445 g/mol. The van der Waals surface area contributed by atoms with Crippen molar-refractivity contribution >= 4 is 44.4 Å². The van der Waals surface area contributed by atoms with E-state index in [9.17, 15) is 10.1 Å². The molecule has 112 valence electrons. The third kappa shape index (κ3) is 3.76. The number of hydrogen-bond donors (Lipinski definition) is 0. The summed E-state index contributed by atoms with van der Waals surface area (Å²) < 4.78 is 1.87. The van der Waals surface area contributed by atoms with Gasteiger partial charge in [-0.15, -0.1) is 0 Å². The predicted molar refractivity (Wildman–Crippen MR) is 94.0 cm³/mol. The van der Waals surface area contributed by atoms with Gasteiger partial charge in [-0.3, -0.25) is 9.69 Å². The highest BCUT2D eigenvalue weighted by atomic mass is 127. The van der Waals surface area contributed by atoms with Crippen molar-refractivity contribution in [1.82, 2.24) is 9.80 Å². The SMILES string of the molecule is CC(C)(C#N)N1CCN(C(=O)c2cc(Br)ccc2I)CC1. The molecule has 0 spiro atoms. The first-order chi connectivity index (χ1) is 9.85. The van der Waals surface area contributed by atoms with Crippen molar-refractivity contribution in [2.75, 3.05) is 26.2 Å². The second-order valence-corrected chi connectivity index (χ2v) is 7.65. The summed E-state index contributed by atoms with van der Waals surface area (Å²) >= 11 is 5.60. The van der Waals surface area contributed by atoms with Gasteiger partial charge >= 0.3 is 0 Å². The monoisotopic (exact) mass is 461 g/mol. The summed E-state index contributed by atoms with van der Waals surface area (Å²) in [7, 11) is 0. The molecular formula is C15H17BrIN3O. The van der Waals surface area contributed by atoms with Crippen molar-refractivity contribution in [3.8, 4) is 6.07 Å². The van der Waals surface area contributed by atoms with Gasteiger partial charge in [-0.25, -0.2) is 0 Å². The lowest BCUT2D eigenvalue weighted by Crippen LogP contribution is -2.55. The van der Waals surface area contributed by atoms with Gasteiger partial charge in [0.05, 0.1) is 11.6 Å². The molecule has 4 nitrogen and oxygen atoms in total. The minimum Gasteiger partial charge on any atom is -0.336 e. The van der Waals surface area contributed by atoms with E-state index in [-0.39, 0.29) is 5.91 Å². The van der Waals surface area contributed by atoms with E-state index in [1.165, 1.54) is 0 Å². The number of nitriles is 1. The van der Waals surface area contributed by atoms with Gasteiger partial charge in [0.15, 0.2) is 0 Å². The number of carbonyl (C=O) groups is 1. The molecule has 0 unspecified atom stereocenters. The van der Waals surface area contributed by atoms with Crippen LogP contribution in [0.2, 0.25) is 0 Å². The number of piperazine rings is 1. The molecule has 0 aromatic heterocycles. The van der Waals surface area contributed by atoms with Gasteiger partial charge in [-0.2, -0.15) is 5.26 Å². The molecule has 1 fully saturated rings. The highest BCUT2D eigenvalue weighted by molar-refractivity contribution is 14.1. The van der Waals surface area contributed by atoms with Gasteiger partial charge in [-0.05, 0) is 54.6 Å². The number of amides is 1. The average Bonchev–Trinajstić information content (AvgIpc) is 2.49. The third-order valence-corrected chi connectivity index (χ3v) is 5.22. The molecule has 0 saturated carbocycles. The van der Waals surface area contributed by atoms with Crippen molar-refractivity contribution in [2.45, 2.75) is 19.4 Å². The molecule has 1 amide bonds. The van der Waals surface area contributed by atoms with Gasteiger partial charge in [0.25, 0.3) is 5.91 Å². The number of nitrogens with zero attached hydrogens (tertiary/aromatic N) is 3. The van der Waals surface area contributed by atoms with Crippen LogP contribution in [-0.2, 0) is 0 Å². The number of hydrogen-bond acceptors (Lipinski definition) is 3. The van der Waals surface area contributed by atoms with E-state index in [0.29, 0.717) is 13.1 Å². The summed E-state index contributed by atoms with van der Waals surface area (Å²) in [6, 6.07) is 8.06. The maximum Gasteiger partial charge on any atom is 0.255 e. The van der Waals surface area contributed by atoms with Crippen LogP contribution in [0.15, 0.2) is 22.7 Å². The van der Waals surface area contributed by atoms with Gasteiger partial charge in [0.2, 0.25) is 0 Å². The van der Waals surface area contributed by atoms with Crippen LogP contribution in [0.1, 0.15) is 24.2 Å². The van der Waals surface area contributed by atoms with Crippen LogP contribution in [0.5, 0.6) is 0 Å². The highest BCUT2D eigenvalue weighted by Crippen LogP contribution is 2.22. The molecule has 1 aliphatic rings. The number of benzene rings is 1. The lowest BCUT2D eigenvalue weighted by Gasteiger charge is -2.40. The fraction of sp³-hybridized carbons (Fsp3) is 0.467. The van der Waals surface area contributed by atoms with E-state index in [1.807, 2.05) is 36.9 Å². The third-order valence-electron chi connectivity index (χ3n) is 3.79. The first-order valence-corrected chi connectivity index (χ1v) is 8.63. The summed E-state index contributed by atoms with van der Waals surface area (Å²) in [6.07, 6.45) is 0. The Morgan fingerprint density at radius 1 is 1.33 bits per heavy atom. The smallest absolute Gasteiger partial charge is 0.255 e. The number of rotatable bonds is 2. The maximum atomic E-state index is 12.6. The molecule has 21 heavy (non-hydrogen) atoms. The van der Waals surface area contributed by atoms with E-state index in [0.717, 1.165) is 26.7 Å².